The fraction of sp³-hybridized carbons (Fsp3) is 0.800. The van der Waals surface area contributed by atoms with E-state index >= 15 is 0 Å². The third-order valence-corrected chi connectivity index (χ3v) is 5.13. The number of likely N-dealkylation sites (N-methyl/N-ethyl adjacent to an activating group) is 1. The fourth-order valence-electron chi connectivity index (χ4n) is 3.50. The van der Waals surface area contributed by atoms with Crippen molar-refractivity contribution in [2.24, 2.45) is 0 Å². The van der Waals surface area contributed by atoms with Gasteiger partial charge in [0.15, 0.2) is 6.17 Å². The van der Waals surface area contributed by atoms with Gasteiger partial charge < -0.3 is 10.4 Å². The number of unbranched alkanes of at least 4 members (excludes halogenated alkanes) is 7. The van der Waals surface area contributed by atoms with Crippen LogP contribution in [0.4, 0.5) is 0 Å². The summed E-state index contributed by atoms with van der Waals surface area (Å²) in [6.45, 7) is 6.62. The average molecular weight is 324 g/mol. The van der Waals surface area contributed by atoms with Crippen LogP contribution >= 0.6 is 0 Å². The van der Waals surface area contributed by atoms with Gasteiger partial charge in [-0.1, -0.05) is 44.8 Å². The van der Waals surface area contributed by atoms with Crippen molar-refractivity contribution in [3.63, 3.8) is 0 Å². The SMILES string of the molecule is CCCCCC/C=C/CCCCCC1NC=C[N+]1(CC)CCO. The van der Waals surface area contributed by atoms with Crippen LogP contribution in [-0.4, -0.2) is 35.5 Å². The molecule has 0 saturated carbocycles. The maximum Gasteiger partial charge on any atom is 0.166 e. The first-order valence-corrected chi connectivity index (χ1v) is 9.85. The van der Waals surface area contributed by atoms with E-state index in [0.717, 1.165) is 17.6 Å². The lowest BCUT2D eigenvalue weighted by Crippen LogP contribution is -2.54. The standard InChI is InChI=1S/C20H39N2O/c1-3-5-6-7-8-9-10-11-12-13-14-15-20-21-16-17-22(20,4-2)18-19-23/h9-10,16-17,20-21,23H,3-8,11-15,18-19H2,1-2H3/q+1/b10-9+. The molecule has 0 aromatic carbocycles. The number of nitrogens with one attached hydrogen (secondary N) is 1. The van der Waals surface area contributed by atoms with Gasteiger partial charge in [0.2, 0.25) is 0 Å². The number of nitrogens with zero attached hydrogens (tertiary/aromatic N) is 1. The van der Waals surface area contributed by atoms with Crippen molar-refractivity contribution in [3.05, 3.63) is 24.6 Å². The Labute approximate surface area is 144 Å². The van der Waals surface area contributed by atoms with Gasteiger partial charge in [-0.05, 0) is 39.0 Å². The molecule has 0 radical (unpaired) electrons. The molecular weight excluding hydrogens is 284 g/mol. The number of hydrogen-bond acceptors (Lipinski definition) is 2. The van der Waals surface area contributed by atoms with E-state index in [1.807, 2.05) is 0 Å². The fourth-order valence-corrected chi connectivity index (χ4v) is 3.50. The third-order valence-electron chi connectivity index (χ3n) is 5.13. The van der Waals surface area contributed by atoms with E-state index < -0.39 is 0 Å². The Hall–Kier alpha value is -0.800. The quantitative estimate of drug-likeness (QED) is 0.276. The Kier molecular flexibility index (Phi) is 11.1. The molecule has 0 saturated heterocycles. The topological polar surface area (TPSA) is 32.3 Å². The highest BCUT2D eigenvalue weighted by molar-refractivity contribution is 4.84. The van der Waals surface area contributed by atoms with Crippen LogP contribution in [-0.2, 0) is 0 Å². The molecular formula is C20H39N2O+. The first-order valence-electron chi connectivity index (χ1n) is 9.85. The second kappa shape index (κ2) is 12.6. The summed E-state index contributed by atoms with van der Waals surface area (Å²) < 4.78 is 0.897. The van der Waals surface area contributed by atoms with Crippen molar-refractivity contribution in [2.75, 3.05) is 19.7 Å². The van der Waals surface area contributed by atoms with E-state index in [9.17, 15) is 5.11 Å². The molecule has 3 heteroatoms. The molecule has 1 heterocycles. The molecule has 0 aliphatic carbocycles. The molecule has 3 nitrogen and oxygen atoms in total. The number of aliphatic hydroxyl groups is 1. The lowest BCUT2D eigenvalue weighted by molar-refractivity contribution is -0.900. The molecule has 1 aliphatic heterocycles. The van der Waals surface area contributed by atoms with E-state index in [0.29, 0.717) is 6.17 Å². The van der Waals surface area contributed by atoms with Gasteiger partial charge in [0.25, 0.3) is 0 Å². The number of quaternary nitrogens is 1. The monoisotopic (exact) mass is 323 g/mol. The molecule has 0 aromatic heterocycles. The van der Waals surface area contributed by atoms with E-state index in [-0.39, 0.29) is 6.61 Å². The van der Waals surface area contributed by atoms with Gasteiger partial charge >= 0.3 is 0 Å². The Morgan fingerprint density at radius 1 is 1.00 bits per heavy atom. The maximum atomic E-state index is 9.32. The second-order valence-corrected chi connectivity index (χ2v) is 6.82. The van der Waals surface area contributed by atoms with Crippen molar-refractivity contribution in [1.82, 2.24) is 5.32 Å². The molecule has 23 heavy (non-hydrogen) atoms. The first-order chi connectivity index (χ1) is 11.3. The zero-order chi connectivity index (χ0) is 16.8. The van der Waals surface area contributed by atoms with E-state index in [4.69, 9.17) is 0 Å². The molecule has 0 amide bonds. The molecule has 0 fully saturated rings. The van der Waals surface area contributed by atoms with Gasteiger partial charge in [0.05, 0.1) is 19.4 Å². The molecule has 0 spiro atoms. The first kappa shape index (κ1) is 20.2. The predicted octanol–water partition coefficient (Wildman–Crippen LogP) is 4.69. The van der Waals surface area contributed by atoms with Gasteiger partial charge in [-0.3, -0.25) is 4.48 Å². The molecule has 2 atom stereocenters. The molecule has 1 rings (SSSR count). The van der Waals surface area contributed by atoms with Crippen LogP contribution < -0.4 is 5.32 Å². The number of aliphatic hydroxyl groups excluding tert-OH is 1. The maximum absolute atomic E-state index is 9.32. The highest BCUT2D eigenvalue weighted by Gasteiger charge is 2.35. The molecule has 2 N–H and O–H groups in total. The Morgan fingerprint density at radius 2 is 1.70 bits per heavy atom. The summed E-state index contributed by atoms with van der Waals surface area (Å²) in [7, 11) is 0. The molecule has 134 valence electrons. The minimum Gasteiger partial charge on any atom is -0.390 e. The van der Waals surface area contributed by atoms with Crippen LogP contribution in [0.3, 0.4) is 0 Å². The van der Waals surface area contributed by atoms with Gasteiger partial charge in [-0.2, -0.15) is 0 Å². The average Bonchev–Trinajstić information content (AvgIpc) is 2.96. The predicted molar refractivity (Wildman–Crippen MR) is 99.8 cm³/mol. The summed E-state index contributed by atoms with van der Waals surface area (Å²) in [5.74, 6) is 0. The highest BCUT2D eigenvalue weighted by atomic mass is 16.3. The molecule has 0 aromatic rings. The van der Waals surface area contributed by atoms with Crippen LogP contribution in [0, 0.1) is 0 Å². The third kappa shape index (κ3) is 7.54. The van der Waals surface area contributed by atoms with Gasteiger partial charge in [0, 0.05) is 6.42 Å². The largest absolute Gasteiger partial charge is 0.390 e. The smallest absolute Gasteiger partial charge is 0.166 e. The van der Waals surface area contributed by atoms with Crippen LogP contribution in [0.1, 0.15) is 78.1 Å². The summed E-state index contributed by atoms with van der Waals surface area (Å²) >= 11 is 0. The zero-order valence-electron chi connectivity index (χ0n) is 15.5. The minimum atomic E-state index is 0.263. The summed E-state index contributed by atoms with van der Waals surface area (Å²) in [5.41, 5.74) is 0. The van der Waals surface area contributed by atoms with Crippen LogP contribution in [0.2, 0.25) is 0 Å². The molecule has 2 unspecified atom stereocenters. The summed E-state index contributed by atoms with van der Waals surface area (Å²) in [6, 6.07) is 0. The minimum absolute atomic E-state index is 0.263. The van der Waals surface area contributed by atoms with Crippen molar-refractivity contribution >= 4 is 0 Å². The molecule has 0 bridgehead atoms. The zero-order valence-corrected chi connectivity index (χ0v) is 15.5. The Bertz CT molecular complexity index is 341. The van der Waals surface area contributed by atoms with Crippen LogP contribution in [0.5, 0.6) is 0 Å². The summed E-state index contributed by atoms with van der Waals surface area (Å²) in [4.78, 5) is 0. The normalized spacial score (nSPS) is 23.7. The lowest BCUT2D eigenvalue weighted by atomic mass is 10.1. The van der Waals surface area contributed by atoms with E-state index in [1.165, 1.54) is 64.2 Å². The second-order valence-electron chi connectivity index (χ2n) is 6.82. The van der Waals surface area contributed by atoms with Gasteiger partial charge in [0.1, 0.15) is 12.7 Å². The van der Waals surface area contributed by atoms with E-state index in [2.05, 4.69) is 43.7 Å². The van der Waals surface area contributed by atoms with Gasteiger partial charge in [-0.25, -0.2) is 0 Å². The number of hydrogen-bond donors (Lipinski definition) is 2. The van der Waals surface area contributed by atoms with Crippen molar-refractivity contribution in [3.8, 4) is 0 Å². The molecule has 1 aliphatic rings. The summed E-state index contributed by atoms with van der Waals surface area (Å²) in [6.07, 6.45) is 22.5. The Balaban J connectivity index is 2.05. The van der Waals surface area contributed by atoms with Crippen molar-refractivity contribution in [1.29, 1.82) is 0 Å². The van der Waals surface area contributed by atoms with Gasteiger partial charge in [-0.15, -0.1) is 0 Å². The lowest BCUT2D eigenvalue weighted by Gasteiger charge is -2.36. The van der Waals surface area contributed by atoms with Crippen molar-refractivity contribution in [2.45, 2.75) is 84.2 Å². The number of allylic oxidation sites excluding steroid dienone is 2. The van der Waals surface area contributed by atoms with E-state index in [1.54, 1.807) is 0 Å². The van der Waals surface area contributed by atoms with Crippen molar-refractivity contribution < 1.29 is 9.59 Å². The summed E-state index contributed by atoms with van der Waals surface area (Å²) in [5, 5.41) is 12.8. The Morgan fingerprint density at radius 3 is 2.30 bits per heavy atom. The van der Waals surface area contributed by atoms with Crippen LogP contribution in [0.25, 0.3) is 0 Å². The highest BCUT2D eigenvalue weighted by Crippen LogP contribution is 2.22. The van der Waals surface area contributed by atoms with Crippen LogP contribution in [0.15, 0.2) is 24.6 Å². The number of rotatable bonds is 14.